The van der Waals surface area contributed by atoms with Crippen LogP contribution < -0.4 is 15.5 Å². The van der Waals surface area contributed by atoms with Gasteiger partial charge >= 0.3 is 6.03 Å². The van der Waals surface area contributed by atoms with Crippen LogP contribution in [0.2, 0.25) is 0 Å². The third-order valence-electron chi connectivity index (χ3n) is 7.62. The molecule has 0 radical (unpaired) electrons. The molecule has 41 heavy (non-hydrogen) atoms. The van der Waals surface area contributed by atoms with Crippen molar-refractivity contribution in [3.05, 3.63) is 46.4 Å². The van der Waals surface area contributed by atoms with Gasteiger partial charge in [0.25, 0.3) is 0 Å². The van der Waals surface area contributed by atoms with Crippen LogP contribution in [0.25, 0.3) is 0 Å². The summed E-state index contributed by atoms with van der Waals surface area (Å²) < 4.78 is 16.3. The van der Waals surface area contributed by atoms with Crippen LogP contribution in [0.3, 0.4) is 0 Å². The molecular weight excluding hydrogens is 530 g/mol. The lowest BCUT2D eigenvalue weighted by Crippen LogP contribution is -2.40. The maximum atomic E-state index is 13.4. The van der Waals surface area contributed by atoms with Gasteiger partial charge in [-0.15, -0.1) is 0 Å². The van der Waals surface area contributed by atoms with Crippen molar-refractivity contribution in [2.24, 2.45) is 0 Å². The molecule has 0 aromatic carbocycles. The van der Waals surface area contributed by atoms with Crippen LogP contribution in [0.1, 0.15) is 40.0 Å². The van der Waals surface area contributed by atoms with E-state index in [4.69, 9.17) is 14.2 Å². The predicted molar refractivity (Wildman–Crippen MR) is 147 cm³/mol. The van der Waals surface area contributed by atoms with Gasteiger partial charge in [-0.1, -0.05) is 0 Å². The minimum absolute atomic E-state index is 0.161. The average Bonchev–Trinajstić information content (AvgIpc) is 3.62. The van der Waals surface area contributed by atoms with E-state index in [0.29, 0.717) is 86.7 Å². The van der Waals surface area contributed by atoms with Gasteiger partial charge in [0.05, 0.1) is 30.5 Å². The van der Waals surface area contributed by atoms with E-state index < -0.39 is 6.03 Å². The van der Waals surface area contributed by atoms with E-state index in [1.165, 1.54) is 11.1 Å². The van der Waals surface area contributed by atoms with Crippen LogP contribution in [0.4, 0.5) is 22.1 Å². The number of rotatable bonds is 8. The molecule has 5 heterocycles. The van der Waals surface area contributed by atoms with E-state index in [0.717, 1.165) is 5.56 Å². The highest BCUT2D eigenvalue weighted by Gasteiger charge is 2.32. The van der Waals surface area contributed by atoms with Gasteiger partial charge < -0.3 is 24.4 Å². The SMILES string of the molecule is CO[C@H]1CCN(Cc2cc3c(nc2C=O)N(C(=O)Nc2cc(N[C@H]4COC[C@@H]4OC)c(C#N)cn2)CCC3)C1=C=O. The molecule has 2 aromatic rings. The highest BCUT2D eigenvalue weighted by molar-refractivity contribution is 6.01. The van der Waals surface area contributed by atoms with Gasteiger partial charge in [0.15, 0.2) is 6.29 Å². The normalized spacial score (nSPS) is 21.7. The number of nitriles is 1. The van der Waals surface area contributed by atoms with Gasteiger partial charge in [0, 0.05) is 51.7 Å². The molecule has 3 aliphatic rings. The first kappa shape index (κ1) is 28.2. The first-order valence-corrected chi connectivity index (χ1v) is 13.4. The quantitative estimate of drug-likeness (QED) is 0.358. The molecular formula is C28H31N7O6. The third-order valence-corrected chi connectivity index (χ3v) is 7.62. The van der Waals surface area contributed by atoms with Crippen LogP contribution >= 0.6 is 0 Å². The van der Waals surface area contributed by atoms with Gasteiger partial charge in [0.1, 0.15) is 47.2 Å². The van der Waals surface area contributed by atoms with Crippen molar-refractivity contribution in [2.75, 3.05) is 56.1 Å². The molecule has 2 aromatic heterocycles. The monoisotopic (exact) mass is 561 g/mol. The molecule has 2 fully saturated rings. The fourth-order valence-corrected chi connectivity index (χ4v) is 5.46. The lowest BCUT2D eigenvalue weighted by molar-refractivity contribution is 0.0795. The van der Waals surface area contributed by atoms with Crippen molar-refractivity contribution in [1.29, 1.82) is 5.26 Å². The van der Waals surface area contributed by atoms with E-state index in [2.05, 4.69) is 26.7 Å². The number of carbonyl (C=O) groups is 2. The number of likely N-dealkylation sites (tertiary alicyclic amines) is 1. The summed E-state index contributed by atoms with van der Waals surface area (Å²) in [5.74, 6) is 2.62. The Morgan fingerprint density at radius 2 is 2.12 bits per heavy atom. The zero-order valence-corrected chi connectivity index (χ0v) is 22.9. The van der Waals surface area contributed by atoms with Gasteiger partial charge in [-0.3, -0.25) is 15.0 Å². The number of urea groups is 1. The molecule has 214 valence electrons. The number of aldehydes is 1. The number of methoxy groups -OCH3 is 2. The first-order valence-electron chi connectivity index (χ1n) is 13.4. The number of carbonyl (C=O) groups excluding carboxylic acids is 3. The molecule has 0 aliphatic carbocycles. The highest BCUT2D eigenvalue weighted by Crippen LogP contribution is 2.31. The van der Waals surface area contributed by atoms with Crippen LogP contribution in [0.5, 0.6) is 0 Å². The second-order valence-corrected chi connectivity index (χ2v) is 10.0. The van der Waals surface area contributed by atoms with Crippen molar-refractivity contribution in [3.63, 3.8) is 0 Å². The average molecular weight is 562 g/mol. The lowest BCUT2D eigenvalue weighted by Gasteiger charge is -2.30. The Balaban J connectivity index is 1.35. The molecule has 0 unspecified atom stereocenters. The molecule has 0 spiro atoms. The van der Waals surface area contributed by atoms with E-state index in [1.54, 1.807) is 20.3 Å². The molecule has 0 bridgehead atoms. The Hall–Kier alpha value is -4.34. The number of amides is 2. The summed E-state index contributed by atoms with van der Waals surface area (Å²) in [5, 5.41) is 15.6. The Morgan fingerprint density at radius 1 is 1.27 bits per heavy atom. The molecule has 13 heteroatoms. The van der Waals surface area contributed by atoms with Crippen molar-refractivity contribution in [3.8, 4) is 6.07 Å². The third kappa shape index (κ3) is 5.77. The first-order chi connectivity index (χ1) is 20.0. The standard InChI is InChI=1S/C28H31N7O6/c1-39-24-5-7-34(23(24)14-37)12-18-8-17-4-3-6-35(27(17)32-21(18)13-36)28(38)33-26-9-20(19(10-29)11-30-26)31-22-15-41-16-25(22)40-2/h8-9,11,13,22,24-25H,3-7,12,15-16H2,1-2H3,(H2,30,31,33,38)/t22-,24-,25-/m0/s1. The number of ether oxygens (including phenoxy) is 3. The van der Waals surface area contributed by atoms with Gasteiger partial charge in [-0.2, -0.15) is 5.26 Å². The lowest BCUT2D eigenvalue weighted by atomic mass is 10.0. The van der Waals surface area contributed by atoms with Crippen LogP contribution in [-0.2, 0) is 32.0 Å². The number of hydrogen-bond acceptors (Lipinski definition) is 11. The number of fused-ring (bicyclic) bond motifs is 1. The highest BCUT2D eigenvalue weighted by atomic mass is 16.5. The van der Waals surface area contributed by atoms with Gasteiger partial charge in [-0.05, 0) is 30.9 Å². The zero-order chi connectivity index (χ0) is 28.9. The van der Waals surface area contributed by atoms with Crippen molar-refractivity contribution in [2.45, 2.75) is 44.1 Å². The van der Waals surface area contributed by atoms with Crippen molar-refractivity contribution in [1.82, 2.24) is 14.9 Å². The second-order valence-electron chi connectivity index (χ2n) is 10.0. The Labute approximate surface area is 237 Å². The van der Waals surface area contributed by atoms with E-state index in [-0.39, 0.29) is 29.8 Å². The summed E-state index contributed by atoms with van der Waals surface area (Å²) in [7, 11) is 3.15. The molecule has 2 saturated heterocycles. The second kappa shape index (κ2) is 12.4. The van der Waals surface area contributed by atoms with Crippen LogP contribution in [-0.4, -0.2) is 91.9 Å². The Kier molecular flexibility index (Phi) is 8.56. The summed E-state index contributed by atoms with van der Waals surface area (Å²) in [5.41, 5.74) is 2.93. The maximum absolute atomic E-state index is 13.4. The maximum Gasteiger partial charge on any atom is 0.328 e. The number of hydrogen-bond donors (Lipinski definition) is 2. The number of pyridine rings is 2. The molecule has 3 aliphatic heterocycles. The van der Waals surface area contributed by atoms with Crippen LogP contribution in [0.15, 0.2) is 24.0 Å². The molecule has 5 rings (SSSR count). The van der Waals surface area contributed by atoms with E-state index in [9.17, 15) is 19.6 Å². The molecule has 3 atom stereocenters. The molecule has 2 amide bonds. The Bertz CT molecular complexity index is 1420. The summed E-state index contributed by atoms with van der Waals surface area (Å²) in [6.45, 7) is 2.17. The number of nitrogens with zero attached hydrogens (tertiary/aromatic N) is 5. The predicted octanol–water partition coefficient (Wildman–Crippen LogP) is 1.91. The largest absolute Gasteiger partial charge is 0.377 e. The Morgan fingerprint density at radius 3 is 2.85 bits per heavy atom. The molecule has 13 nitrogen and oxygen atoms in total. The smallest absolute Gasteiger partial charge is 0.328 e. The zero-order valence-electron chi connectivity index (χ0n) is 22.9. The fourth-order valence-electron chi connectivity index (χ4n) is 5.46. The topological polar surface area (TPSA) is 159 Å². The van der Waals surface area contributed by atoms with Gasteiger partial charge in [0.2, 0.25) is 0 Å². The summed E-state index contributed by atoms with van der Waals surface area (Å²) in [4.78, 5) is 49.1. The van der Waals surface area contributed by atoms with Crippen molar-refractivity contribution < 1.29 is 28.6 Å². The number of aryl methyl sites for hydroxylation is 1. The van der Waals surface area contributed by atoms with Crippen molar-refractivity contribution >= 4 is 35.6 Å². The fraction of sp³-hybridized carbons (Fsp3) is 0.464. The minimum atomic E-state index is -0.459. The molecule has 0 saturated carbocycles. The van der Waals surface area contributed by atoms with Crippen LogP contribution in [0, 0.1) is 11.3 Å². The minimum Gasteiger partial charge on any atom is -0.377 e. The number of nitrogens with one attached hydrogen (secondary N) is 2. The number of anilines is 3. The van der Waals surface area contributed by atoms with Gasteiger partial charge in [-0.25, -0.2) is 19.6 Å². The number of aromatic nitrogens is 2. The molecule has 2 N–H and O–H groups in total. The van der Waals surface area contributed by atoms with E-state index in [1.807, 2.05) is 16.9 Å². The summed E-state index contributed by atoms with van der Waals surface area (Å²) >= 11 is 0. The van der Waals surface area contributed by atoms with E-state index >= 15 is 0 Å². The summed E-state index contributed by atoms with van der Waals surface area (Å²) in [6, 6.07) is 4.97. The summed E-state index contributed by atoms with van der Waals surface area (Å²) in [6.07, 6.45) is 3.60.